The fourth-order valence-electron chi connectivity index (χ4n) is 1.36. The van der Waals surface area contributed by atoms with E-state index >= 15 is 0 Å². The number of ether oxygens (including phenoxy) is 3. The summed E-state index contributed by atoms with van der Waals surface area (Å²) in [5.74, 6) is 0.200. The third-order valence-electron chi connectivity index (χ3n) is 2.20. The lowest BCUT2D eigenvalue weighted by atomic mass is 10.2. The molecule has 4 nitrogen and oxygen atoms in total. The summed E-state index contributed by atoms with van der Waals surface area (Å²) in [5, 5.41) is 0.380. The SMILES string of the molecule is C/C=C/COc1c(OC)cc(Cl)cc1C(=O)OC. The highest BCUT2D eigenvalue weighted by Crippen LogP contribution is 2.35. The molecule has 0 N–H and O–H groups in total. The van der Waals surface area contributed by atoms with E-state index in [1.165, 1.54) is 20.3 Å². The number of methoxy groups -OCH3 is 2. The van der Waals surface area contributed by atoms with E-state index in [-0.39, 0.29) is 5.56 Å². The highest BCUT2D eigenvalue weighted by Gasteiger charge is 2.19. The molecule has 1 aromatic carbocycles. The maximum atomic E-state index is 11.7. The molecule has 0 aliphatic rings. The lowest BCUT2D eigenvalue weighted by Gasteiger charge is -2.13. The van der Waals surface area contributed by atoms with Crippen LogP contribution in [0.4, 0.5) is 0 Å². The lowest BCUT2D eigenvalue weighted by molar-refractivity contribution is 0.0596. The number of carbonyl (C=O) groups is 1. The van der Waals surface area contributed by atoms with Gasteiger partial charge in [0.05, 0.1) is 14.2 Å². The fourth-order valence-corrected chi connectivity index (χ4v) is 1.57. The van der Waals surface area contributed by atoms with Crippen molar-refractivity contribution in [3.8, 4) is 11.5 Å². The van der Waals surface area contributed by atoms with Gasteiger partial charge in [0, 0.05) is 11.1 Å². The van der Waals surface area contributed by atoms with Crippen molar-refractivity contribution >= 4 is 17.6 Å². The molecule has 5 heteroatoms. The van der Waals surface area contributed by atoms with Crippen LogP contribution in [-0.4, -0.2) is 26.8 Å². The molecule has 1 rings (SSSR count). The molecule has 0 amide bonds. The molecule has 0 aliphatic heterocycles. The van der Waals surface area contributed by atoms with Crippen molar-refractivity contribution in [3.63, 3.8) is 0 Å². The molecule has 0 saturated carbocycles. The van der Waals surface area contributed by atoms with Crippen LogP contribution in [0.5, 0.6) is 11.5 Å². The number of esters is 1. The van der Waals surface area contributed by atoms with Crippen molar-refractivity contribution in [2.24, 2.45) is 0 Å². The molecule has 0 unspecified atom stereocenters. The van der Waals surface area contributed by atoms with E-state index < -0.39 is 5.97 Å². The van der Waals surface area contributed by atoms with Gasteiger partial charge in [-0.05, 0) is 13.0 Å². The standard InChI is InChI=1S/C13H15ClO4/c1-4-5-6-18-12-10(13(15)17-3)7-9(14)8-11(12)16-2/h4-5,7-8H,6H2,1-3H3/b5-4+. The first-order valence-corrected chi connectivity index (χ1v) is 5.71. The van der Waals surface area contributed by atoms with Gasteiger partial charge in [0.1, 0.15) is 12.2 Å². The van der Waals surface area contributed by atoms with Gasteiger partial charge in [-0.3, -0.25) is 0 Å². The molecule has 0 aromatic heterocycles. The molecule has 0 aliphatic carbocycles. The quantitative estimate of drug-likeness (QED) is 0.609. The van der Waals surface area contributed by atoms with Crippen molar-refractivity contribution in [1.82, 2.24) is 0 Å². The minimum Gasteiger partial charge on any atom is -0.493 e. The zero-order chi connectivity index (χ0) is 13.5. The van der Waals surface area contributed by atoms with Crippen molar-refractivity contribution in [1.29, 1.82) is 0 Å². The largest absolute Gasteiger partial charge is 0.493 e. The minimum atomic E-state index is -0.522. The van der Waals surface area contributed by atoms with Crippen LogP contribution in [0.3, 0.4) is 0 Å². The summed E-state index contributed by atoms with van der Waals surface area (Å²) >= 11 is 5.91. The summed E-state index contributed by atoms with van der Waals surface area (Å²) in [6.07, 6.45) is 3.66. The Morgan fingerprint density at radius 1 is 1.39 bits per heavy atom. The van der Waals surface area contributed by atoms with E-state index in [1.807, 2.05) is 19.1 Å². The van der Waals surface area contributed by atoms with Gasteiger partial charge in [0.15, 0.2) is 11.5 Å². The zero-order valence-electron chi connectivity index (χ0n) is 10.5. The number of halogens is 1. The van der Waals surface area contributed by atoms with Gasteiger partial charge in [-0.2, -0.15) is 0 Å². The Kier molecular flexibility index (Phi) is 5.52. The molecule has 98 valence electrons. The molecular weight excluding hydrogens is 256 g/mol. The third kappa shape index (κ3) is 3.40. The average molecular weight is 271 g/mol. The van der Waals surface area contributed by atoms with Crippen molar-refractivity contribution < 1.29 is 19.0 Å². The van der Waals surface area contributed by atoms with Gasteiger partial charge < -0.3 is 14.2 Å². The highest BCUT2D eigenvalue weighted by molar-refractivity contribution is 6.31. The Labute approximate surface area is 111 Å². The van der Waals surface area contributed by atoms with Crippen molar-refractivity contribution in [2.75, 3.05) is 20.8 Å². The first-order valence-electron chi connectivity index (χ1n) is 5.33. The Balaban J connectivity index is 3.19. The van der Waals surface area contributed by atoms with Crippen LogP contribution < -0.4 is 9.47 Å². The van der Waals surface area contributed by atoms with E-state index in [0.29, 0.717) is 23.1 Å². The van der Waals surface area contributed by atoms with Crippen LogP contribution in [0.25, 0.3) is 0 Å². The molecule has 0 fully saturated rings. The number of carbonyl (C=O) groups excluding carboxylic acids is 1. The highest BCUT2D eigenvalue weighted by atomic mass is 35.5. The second kappa shape index (κ2) is 6.91. The van der Waals surface area contributed by atoms with Crippen LogP contribution >= 0.6 is 11.6 Å². The second-order valence-corrected chi connectivity index (χ2v) is 3.79. The summed E-state index contributed by atoms with van der Waals surface area (Å²) < 4.78 is 15.3. The third-order valence-corrected chi connectivity index (χ3v) is 2.42. The average Bonchev–Trinajstić information content (AvgIpc) is 2.38. The number of allylic oxidation sites excluding steroid dienone is 1. The van der Waals surface area contributed by atoms with Gasteiger partial charge in [0.2, 0.25) is 0 Å². The molecule has 0 radical (unpaired) electrons. The number of benzene rings is 1. The van der Waals surface area contributed by atoms with Crippen molar-refractivity contribution in [2.45, 2.75) is 6.92 Å². The molecule has 0 spiro atoms. The van der Waals surface area contributed by atoms with E-state index in [0.717, 1.165) is 0 Å². The number of hydrogen-bond donors (Lipinski definition) is 0. The van der Waals surface area contributed by atoms with Gasteiger partial charge in [-0.15, -0.1) is 0 Å². The maximum absolute atomic E-state index is 11.7. The lowest BCUT2D eigenvalue weighted by Crippen LogP contribution is -2.07. The predicted octanol–water partition coefficient (Wildman–Crippen LogP) is 3.09. The molecule has 18 heavy (non-hydrogen) atoms. The fraction of sp³-hybridized carbons (Fsp3) is 0.308. The van der Waals surface area contributed by atoms with Crippen LogP contribution in [0.2, 0.25) is 5.02 Å². The monoisotopic (exact) mass is 270 g/mol. The zero-order valence-corrected chi connectivity index (χ0v) is 11.3. The Bertz CT molecular complexity index is 455. The number of rotatable bonds is 5. The smallest absolute Gasteiger partial charge is 0.341 e. The van der Waals surface area contributed by atoms with Gasteiger partial charge in [0.25, 0.3) is 0 Å². The van der Waals surface area contributed by atoms with Crippen LogP contribution in [-0.2, 0) is 4.74 Å². The minimum absolute atomic E-state index is 0.242. The molecular formula is C13H15ClO4. The Morgan fingerprint density at radius 2 is 2.11 bits per heavy atom. The maximum Gasteiger partial charge on any atom is 0.341 e. The first-order chi connectivity index (χ1) is 8.63. The van der Waals surface area contributed by atoms with Crippen LogP contribution in [0, 0.1) is 0 Å². The van der Waals surface area contributed by atoms with E-state index in [1.54, 1.807) is 6.07 Å². The van der Waals surface area contributed by atoms with Crippen molar-refractivity contribution in [3.05, 3.63) is 34.9 Å². The Hall–Kier alpha value is -1.68. The van der Waals surface area contributed by atoms with E-state index in [9.17, 15) is 4.79 Å². The summed E-state index contributed by atoms with van der Waals surface area (Å²) in [5.41, 5.74) is 0.242. The summed E-state index contributed by atoms with van der Waals surface area (Å²) in [6.45, 7) is 2.21. The molecule has 0 bridgehead atoms. The van der Waals surface area contributed by atoms with E-state index in [4.69, 9.17) is 21.1 Å². The summed E-state index contributed by atoms with van der Waals surface area (Å²) in [4.78, 5) is 11.7. The molecule has 0 heterocycles. The first kappa shape index (κ1) is 14.4. The molecule has 1 aromatic rings. The summed E-state index contributed by atoms with van der Waals surface area (Å²) in [7, 11) is 2.78. The summed E-state index contributed by atoms with van der Waals surface area (Å²) in [6, 6.07) is 3.07. The van der Waals surface area contributed by atoms with Crippen LogP contribution in [0.15, 0.2) is 24.3 Å². The molecule has 0 atom stereocenters. The van der Waals surface area contributed by atoms with Gasteiger partial charge >= 0.3 is 5.97 Å². The van der Waals surface area contributed by atoms with Gasteiger partial charge in [-0.1, -0.05) is 23.8 Å². The Morgan fingerprint density at radius 3 is 2.67 bits per heavy atom. The predicted molar refractivity (Wildman–Crippen MR) is 69.7 cm³/mol. The molecule has 0 saturated heterocycles. The van der Waals surface area contributed by atoms with E-state index in [2.05, 4.69) is 4.74 Å². The second-order valence-electron chi connectivity index (χ2n) is 3.36. The number of hydrogen-bond acceptors (Lipinski definition) is 4. The topological polar surface area (TPSA) is 44.8 Å². The van der Waals surface area contributed by atoms with Gasteiger partial charge in [-0.25, -0.2) is 4.79 Å². The van der Waals surface area contributed by atoms with Crippen LogP contribution in [0.1, 0.15) is 17.3 Å². The normalized spacial score (nSPS) is 10.4.